The van der Waals surface area contributed by atoms with Crippen molar-refractivity contribution in [2.45, 2.75) is 20.8 Å². The third-order valence-corrected chi connectivity index (χ3v) is 2.93. The standard InChI is InChI=1S/C15H18N2OS/c1-6-16-14(5)19-12(3)10-11(2)18-15-8-7-9-17-13(15)4/h6-10H,1,3H2,2,4-5H3/b11-10+,16-14+. The number of aliphatic imine (C=N–C) groups is 1. The normalized spacial score (nSPS) is 12.2. The second-order valence-corrected chi connectivity index (χ2v) is 5.16. The molecule has 0 saturated heterocycles. The molecule has 1 heterocycles. The molecule has 0 saturated carbocycles. The number of hydrogen-bond donors (Lipinski definition) is 0. The number of aryl methyl sites for hydroxylation is 1. The number of rotatable bonds is 5. The second-order valence-electron chi connectivity index (χ2n) is 3.84. The Kier molecular flexibility index (Phi) is 6.09. The zero-order valence-corrected chi connectivity index (χ0v) is 12.3. The smallest absolute Gasteiger partial charge is 0.148 e. The van der Waals surface area contributed by atoms with Crippen LogP contribution in [0.2, 0.25) is 0 Å². The van der Waals surface area contributed by atoms with E-state index in [1.54, 1.807) is 6.20 Å². The highest BCUT2D eigenvalue weighted by Gasteiger charge is 2.02. The highest BCUT2D eigenvalue weighted by molar-refractivity contribution is 8.17. The quantitative estimate of drug-likeness (QED) is 0.343. The highest BCUT2D eigenvalue weighted by atomic mass is 32.2. The van der Waals surface area contributed by atoms with Gasteiger partial charge in [0.2, 0.25) is 0 Å². The molecule has 0 amide bonds. The van der Waals surface area contributed by atoms with Gasteiger partial charge in [-0.1, -0.05) is 24.9 Å². The van der Waals surface area contributed by atoms with Crippen LogP contribution in [0.15, 0.2) is 59.4 Å². The molecule has 0 aliphatic carbocycles. The molecule has 19 heavy (non-hydrogen) atoms. The lowest BCUT2D eigenvalue weighted by Gasteiger charge is -2.08. The van der Waals surface area contributed by atoms with E-state index in [1.807, 2.05) is 39.0 Å². The van der Waals surface area contributed by atoms with E-state index in [1.165, 1.54) is 18.0 Å². The van der Waals surface area contributed by atoms with Gasteiger partial charge in [-0.15, -0.1) is 0 Å². The van der Waals surface area contributed by atoms with Crippen molar-refractivity contribution in [2.24, 2.45) is 4.99 Å². The van der Waals surface area contributed by atoms with E-state index in [9.17, 15) is 0 Å². The van der Waals surface area contributed by atoms with E-state index in [2.05, 4.69) is 23.1 Å². The minimum atomic E-state index is 0.755. The Bertz CT molecular complexity index is 533. The number of thioether (sulfide) groups is 1. The molecule has 0 fully saturated rings. The largest absolute Gasteiger partial charge is 0.460 e. The van der Waals surface area contributed by atoms with Crippen LogP contribution in [-0.4, -0.2) is 10.0 Å². The average molecular weight is 274 g/mol. The SMILES string of the molecule is C=C/N=C(\C)SC(=C)/C=C(\C)Oc1cccnc1C. The van der Waals surface area contributed by atoms with Crippen molar-refractivity contribution in [1.82, 2.24) is 4.98 Å². The van der Waals surface area contributed by atoms with Crippen LogP contribution in [0.25, 0.3) is 0 Å². The van der Waals surface area contributed by atoms with Gasteiger partial charge in [0.1, 0.15) is 11.5 Å². The van der Waals surface area contributed by atoms with Gasteiger partial charge in [0.05, 0.1) is 10.7 Å². The fourth-order valence-electron chi connectivity index (χ4n) is 1.38. The van der Waals surface area contributed by atoms with Crippen molar-refractivity contribution >= 4 is 16.8 Å². The molecule has 0 N–H and O–H groups in total. The highest BCUT2D eigenvalue weighted by Crippen LogP contribution is 2.21. The molecular weight excluding hydrogens is 256 g/mol. The molecule has 0 atom stereocenters. The molecule has 1 rings (SSSR count). The molecule has 4 heteroatoms. The van der Waals surface area contributed by atoms with Crippen molar-refractivity contribution in [1.29, 1.82) is 0 Å². The Morgan fingerprint density at radius 2 is 2.21 bits per heavy atom. The lowest BCUT2D eigenvalue weighted by Crippen LogP contribution is -1.95. The van der Waals surface area contributed by atoms with Crippen LogP contribution < -0.4 is 4.74 Å². The predicted octanol–water partition coefficient (Wildman–Crippen LogP) is 4.48. The number of ether oxygens (including phenoxy) is 1. The van der Waals surface area contributed by atoms with Crippen molar-refractivity contribution in [3.63, 3.8) is 0 Å². The van der Waals surface area contributed by atoms with Gasteiger partial charge >= 0.3 is 0 Å². The van der Waals surface area contributed by atoms with Crippen LogP contribution in [0.4, 0.5) is 0 Å². The molecular formula is C15H18N2OS. The third-order valence-electron chi connectivity index (χ3n) is 2.15. The first kappa shape index (κ1) is 15.2. The number of nitrogens with zero attached hydrogens (tertiary/aromatic N) is 2. The van der Waals surface area contributed by atoms with E-state index in [4.69, 9.17) is 4.74 Å². The van der Waals surface area contributed by atoms with Gasteiger partial charge < -0.3 is 4.74 Å². The molecule has 0 aliphatic heterocycles. The summed E-state index contributed by atoms with van der Waals surface area (Å²) in [7, 11) is 0. The summed E-state index contributed by atoms with van der Waals surface area (Å²) in [6.45, 7) is 13.2. The molecule has 0 spiro atoms. The lowest BCUT2D eigenvalue weighted by molar-refractivity contribution is 0.422. The van der Waals surface area contributed by atoms with Gasteiger partial charge in [0.15, 0.2) is 0 Å². The summed E-state index contributed by atoms with van der Waals surface area (Å²) in [4.78, 5) is 9.11. The van der Waals surface area contributed by atoms with Gasteiger partial charge in [-0.05, 0) is 39.0 Å². The number of allylic oxidation sites excluding steroid dienone is 2. The topological polar surface area (TPSA) is 34.5 Å². The monoisotopic (exact) mass is 274 g/mol. The summed E-state index contributed by atoms with van der Waals surface area (Å²) in [6.07, 6.45) is 5.13. The number of hydrogen-bond acceptors (Lipinski definition) is 4. The zero-order chi connectivity index (χ0) is 14.3. The number of pyridine rings is 1. The number of aromatic nitrogens is 1. The lowest BCUT2D eigenvalue weighted by atomic mass is 10.3. The fraction of sp³-hybridized carbons (Fsp3) is 0.200. The van der Waals surface area contributed by atoms with Gasteiger partial charge in [-0.3, -0.25) is 9.98 Å². The maximum Gasteiger partial charge on any atom is 0.148 e. The Morgan fingerprint density at radius 3 is 2.84 bits per heavy atom. The van der Waals surface area contributed by atoms with E-state index >= 15 is 0 Å². The molecule has 0 aliphatic rings. The van der Waals surface area contributed by atoms with Crippen LogP contribution in [-0.2, 0) is 0 Å². The van der Waals surface area contributed by atoms with Gasteiger partial charge in [0, 0.05) is 17.3 Å². The summed E-state index contributed by atoms with van der Waals surface area (Å²) in [5, 5.41) is 0.890. The Morgan fingerprint density at radius 1 is 1.47 bits per heavy atom. The van der Waals surface area contributed by atoms with Crippen molar-refractivity contribution in [2.75, 3.05) is 0 Å². The minimum Gasteiger partial charge on any atom is -0.460 e. The third kappa shape index (κ3) is 5.57. The van der Waals surface area contributed by atoms with E-state index in [0.717, 1.165) is 27.2 Å². The first-order valence-corrected chi connectivity index (χ1v) is 6.64. The molecule has 0 radical (unpaired) electrons. The Balaban J connectivity index is 2.67. The molecule has 3 nitrogen and oxygen atoms in total. The van der Waals surface area contributed by atoms with Crippen molar-refractivity contribution in [3.8, 4) is 5.75 Å². The van der Waals surface area contributed by atoms with Gasteiger partial charge in [-0.25, -0.2) is 0 Å². The molecule has 0 bridgehead atoms. The Hall–Kier alpha value is -1.81. The average Bonchev–Trinajstić information content (AvgIpc) is 2.31. The molecule has 1 aromatic heterocycles. The van der Waals surface area contributed by atoms with Crippen LogP contribution in [0.3, 0.4) is 0 Å². The van der Waals surface area contributed by atoms with Crippen LogP contribution in [0.5, 0.6) is 5.75 Å². The Labute approximate surface area is 118 Å². The van der Waals surface area contributed by atoms with Crippen molar-refractivity contribution < 1.29 is 4.74 Å². The van der Waals surface area contributed by atoms with Gasteiger partial charge in [0.25, 0.3) is 0 Å². The van der Waals surface area contributed by atoms with Gasteiger partial charge in [-0.2, -0.15) is 0 Å². The summed E-state index contributed by atoms with van der Waals surface area (Å²) >= 11 is 1.48. The van der Waals surface area contributed by atoms with Crippen molar-refractivity contribution in [3.05, 3.63) is 60.1 Å². The van der Waals surface area contributed by atoms with E-state index in [0.29, 0.717) is 0 Å². The maximum absolute atomic E-state index is 5.72. The van der Waals surface area contributed by atoms with Crippen LogP contribution in [0, 0.1) is 6.92 Å². The minimum absolute atomic E-state index is 0.755. The van der Waals surface area contributed by atoms with Crippen LogP contribution >= 0.6 is 11.8 Å². The molecule has 100 valence electrons. The van der Waals surface area contributed by atoms with E-state index in [-0.39, 0.29) is 0 Å². The second kappa shape index (κ2) is 7.59. The fourth-order valence-corrected chi connectivity index (χ4v) is 2.11. The van der Waals surface area contributed by atoms with E-state index < -0.39 is 0 Å². The summed E-state index contributed by atoms with van der Waals surface area (Å²) in [6, 6.07) is 3.74. The molecule has 0 unspecified atom stereocenters. The predicted molar refractivity (Wildman–Crippen MR) is 83.4 cm³/mol. The van der Waals surface area contributed by atoms with Crippen LogP contribution in [0.1, 0.15) is 19.5 Å². The molecule has 1 aromatic rings. The molecule has 0 aromatic carbocycles. The summed E-state index contributed by atoms with van der Waals surface area (Å²) < 4.78 is 5.72. The first-order chi connectivity index (χ1) is 9.02. The first-order valence-electron chi connectivity index (χ1n) is 5.82. The summed E-state index contributed by atoms with van der Waals surface area (Å²) in [5.74, 6) is 1.52. The summed E-state index contributed by atoms with van der Waals surface area (Å²) in [5.41, 5.74) is 0.859. The zero-order valence-electron chi connectivity index (χ0n) is 11.5. The maximum atomic E-state index is 5.72.